The van der Waals surface area contributed by atoms with Gasteiger partial charge in [0.1, 0.15) is 11.4 Å². The minimum Gasteiger partial charge on any atom is -0.456 e. The molecule has 2 aliphatic rings. The van der Waals surface area contributed by atoms with Gasteiger partial charge in [-0.2, -0.15) is 0 Å². The first-order valence-corrected chi connectivity index (χ1v) is 9.76. The molecule has 3 nitrogen and oxygen atoms in total. The number of rotatable bonds is 4. The van der Waals surface area contributed by atoms with Crippen molar-refractivity contribution in [1.82, 2.24) is 0 Å². The molecule has 2 aromatic carbocycles. The van der Waals surface area contributed by atoms with Crippen LogP contribution < -0.4 is 0 Å². The standard InChI is InChI=1S/C24H26O3/c1-14(2)24(3,4)27-23(26)20-10-6-7-16-17(20)8-5-9-18(16)21-13-15-11-12-19(21)22(15)25/h5-12,14-15,19,21H,13H2,1-4H3. The zero-order chi connectivity index (χ0) is 19.3. The van der Waals surface area contributed by atoms with E-state index in [1.54, 1.807) is 0 Å². The highest BCUT2D eigenvalue weighted by atomic mass is 16.6. The molecule has 0 radical (unpaired) electrons. The maximum Gasteiger partial charge on any atom is 0.339 e. The van der Waals surface area contributed by atoms with Gasteiger partial charge >= 0.3 is 5.97 Å². The van der Waals surface area contributed by atoms with E-state index in [9.17, 15) is 9.59 Å². The van der Waals surface area contributed by atoms with E-state index in [4.69, 9.17) is 4.74 Å². The highest BCUT2D eigenvalue weighted by Gasteiger charge is 2.44. The van der Waals surface area contributed by atoms with Gasteiger partial charge in [0.2, 0.25) is 0 Å². The van der Waals surface area contributed by atoms with Crippen molar-refractivity contribution in [2.24, 2.45) is 17.8 Å². The largest absolute Gasteiger partial charge is 0.456 e. The van der Waals surface area contributed by atoms with Gasteiger partial charge in [-0.05, 0) is 54.5 Å². The van der Waals surface area contributed by atoms with Gasteiger partial charge in [-0.15, -0.1) is 0 Å². The third-order valence-electron chi connectivity index (χ3n) is 6.51. The lowest BCUT2D eigenvalue weighted by Crippen LogP contribution is -2.33. The molecule has 3 atom stereocenters. The molecule has 0 amide bonds. The summed E-state index contributed by atoms with van der Waals surface area (Å²) >= 11 is 0. The van der Waals surface area contributed by atoms with Gasteiger partial charge in [-0.3, -0.25) is 4.79 Å². The van der Waals surface area contributed by atoms with Crippen molar-refractivity contribution in [3.05, 3.63) is 59.7 Å². The van der Waals surface area contributed by atoms with Crippen LogP contribution in [-0.4, -0.2) is 17.4 Å². The lowest BCUT2D eigenvalue weighted by atomic mass is 9.83. The molecular formula is C24H26O3. The second-order valence-electron chi connectivity index (χ2n) is 8.66. The van der Waals surface area contributed by atoms with E-state index < -0.39 is 5.60 Å². The maximum atomic E-state index is 12.9. The number of ether oxygens (including phenoxy) is 1. The summed E-state index contributed by atoms with van der Waals surface area (Å²) in [5.41, 5.74) is 1.22. The number of hydrogen-bond acceptors (Lipinski definition) is 3. The zero-order valence-electron chi connectivity index (χ0n) is 16.4. The van der Waals surface area contributed by atoms with E-state index in [1.807, 2.05) is 58.0 Å². The Morgan fingerprint density at radius 3 is 2.41 bits per heavy atom. The molecule has 1 fully saturated rings. The van der Waals surface area contributed by atoms with Gasteiger partial charge in [0, 0.05) is 11.8 Å². The van der Waals surface area contributed by atoms with E-state index in [0.29, 0.717) is 11.3 Å². The lowest BCUT2D eigenvalue weighted by molar-refractivity contribution is -0.120. The van der Waals surface area contributed by atoms with Gasteiger partial charge in [0.05, 0.1) is 5.56 Å². The Labute approximate surface area is 160 Å². The SMILES string of the molecule is CC(C)C(C)(C)OC(=O)c1cccc2c(C3CC4C=CC3C4=O)cccc12. The molecule has 2 bridgehead atoms. The summed E-state index contributed by atoms with van der Waals surface area (Å²) in [4.78, 5) is 25.2. The smallest absolute Gasteiger partial charge is 0.339 e. The fraction of sp³-hybridized carbons (Fsp3) is 0.417. The van der Waals surface area contributed by atoms with Gasteiger partial charge in [0.25, 0.3) is 0 Å². The number of esters is 1. The molecule has 0 aliphatic heterocycles. The minimum atomic E-state index is -0.529. The number of fused-ring (bicyclic) bond motifs is 3. The summed E-state index contributed by atoms with van der Waals surface area (Å²) in [6, 6.07) is 11.9. The number of hydrogen-bond donors (Lipinski definition) is 0. The van der Waals surface area contributed by atoms with Crippen molar-refractivity contribution >= 4 is 22.5 Å². The summed E-state index contributed by atoms with van der Waals surface area (Å²) in [5, 5.41) is 1.95. The number of carbonyl (C=O) groups is 2. The van der Waals surface area contributed by atoms with Crippen LogP contribution in [0.1, 0.15) is 56.0 Å². The monoisotopic (exact) mass is 362 g/mol. The molecule has 2 aromatic rings. The highest BCUT2D eigenvalue weighted by molar-refractivity contribution is 6.06. The normalized spacial score (nSPS) is 24.2. The Morgan fingerprint density at radius 2 is 1.78 bits per heavy atom. The molecule has 27 heavy (non-hydrogen) atoms. The number of Topliss-reactive ketones (excluding diaryl/α,β-unsaturated/α-hetero) is 1. The van der Waals surface area contributed by atoms with Crippen molar-refractivity contribution < 1.29 is 14.3 Å². The third kappa shape index (κ3) is 2.90. The Morgan fingerprint density at radius 1 is 1.07 bits per heavy atom. The molecular weight excluding hydrogens is 336 g/mol. The summed E-state index contributed by atoms with van der Waals surface area (Å²) in [6.45, 7) is 7.99. The summed E-state index contributed by atoms with van der Waals surface area (Å²) < 4.78 is 5.82. The molecule has 2 aliphatic carbocycles. The number of allylic oxidation sites excluding steroid dienone is 2. The predicted octanol–water partition coefficient (Wildman–Crippen LogP) is 5.29. The molecule has 0 N–H and O–H groups in total. The van der Waals surface area contributed by atoms with Crippen LogP contribution in [0.2, 0.25) is 0 Å². The molecule has 0 saturated heterocycles. The average Bonchev–Trinajstić information content (AvgIpc) is 3.14. The van der Waals surface area contributed by atoms with Gasteiger partial charge < -0.3 is 4.74 Å². The van der Waals surface area contributed by atoms with Crippen molar-refractivity contribution in [2.75, 3.05) is 0 Å². The summed E-state index contributed by atoms with van der Waals surface area (Å²) in [5.74, 6) is 0.520. The molecule has 3 unspecified atom stereocenters. The fourth-order valence-electron chi connectivity index (χ4n) is 4.21. The second-order valence-corrected chi connectivity index (χ2v) is 8.66. The van der Waals surface area contributed by atoms with Crippen LogP contribution in [0.3, 0.4) is 0 Å². The molecule has 0 heterocycles. The molecule has 1 saturated carbocycles. The Kier molecular flexibility index (Phi) is 4.21. The molecule has 0 spiro atoms. The predicted molar refractivity (Wildman–Crippen MR) is 107 cm³/mol. The van der Waals surface area contributed by atoms with Crippen LogP contribution in [0.25, 0.3) is 10.8 Å². The van der Waals surface area contributed by atoms with Crippen LogP contribution in [0.15, 0.2) is 48.6 Å². The van der Waals surface area contributed by atoms with Crippen LogP contribution in [0.4, 0.5) is 0 Å². The maximum absolute atomic E-state index is 12.9. The van der Waals surface area contributed by atoms with Gasteiger partial charge in [-0.25, -0.2) is 4.79 Å². The number of ketones is 1. The van der Waals surface area contributed by atoms with Crippen molar-refractivity contribution in [1.29, 1.82) is 0 Å². The van der Waals surface area contributed by atoms with E-state index in [0.717, 1.165) is 22.8 Å². The average molecular weight is 362 g/mol. The molecule has 0 aromatic heterocycles. The highest BCUT2D eigenvalue weighted by Crippen LogP contribution is 2.48. The van der Waals surface area contributed by atoms with Gasteiger partial charge in [-0.1, -0.05) is 56.3 Å². The third-order valence-corrected chi connectivity index (χ3v) is 6.51. The van der Waals surface area contributed by atoms with E-state index in [1.165, 1.54) is 0 Å². The lowest BCUT2D eigenvalue weighted by Gasteiger charge is -2.29. The number of carbonyl (C=O) groups excluding carboxylic acids is 2. The molecule has 3 heteroatoms. The summed E-state index contributed by atoms with van der Waals surface area (Å²) in [6.07, 6.45) is 4.98. The quantitative estimate of drug-likeness (QED) is 0.548. The van der Waals surface area contributed by atoms with Crippen LogP contribution in [-0.2, 0) is 9.53 Å². The van der Waals surface area contributed by atoms with E-state index in [-0.39, 0.29) is 29.6 Å². The first-order chi connectivity index (χ1) is 12.8. The Bertz CT molecular complexity index is 951. The zero-order valence-corrected chi connectivity index (χ0v) is 16.4. The fourth-order valence-corrected chi connectivity index (χ4v) is 4.21. The Hall–Kier alpha value is -2.42. The summed E-state index contributed by atoms with van der Waals surface area (Å²) in [7, 11) is 0. The van der Waals surface area contributed by atoms with Crippen molar-refractivity contribution in [3.63, 3.8) is 0 Å². The first kappa shape index (κ1) is 18.0. The molecule has 140 valence electrons. The minimum absolute atomic E-state index is 0.0175. The Balaban J connectivity index is 1.74. The van der Waals surface area contributed by atoms with Crippen LogP contribution in [0.5, 0.6) is 0 Å². The van der Waals surface area contributed by atoms with Crippen molar-refractivity contribution in [3.8, 4) is 0 Å². The first-order valence-electron chi connectivity index (χ1n) is 9.76. The van der Waals surface area contributed by atoms with Crippen LogP contribution in [0, 0.1) is 17.8 Å². The topological polar surface area (TPSA) is 43.4 Å². The van der Waals surface area contributed by atoms with Gasteiger partial charge in [0.15, 0.2) is 0 Å². The van der Waals surface area contributed by atoms with E-state index >= 15 is 0 Å². The molecule has 4 rings (SSSR count). The van der Waals surface area contributed by atoms with Crippen LogP contribution >= 0.6 is 0 Å². The second kappa shape index (κ2) is 6.33. The van der Waals surface area contributed by atoms with E-state index in [2.05, 4.69) is 18.2 Å². The number of benzene rings is 2. The van der Waals surface area contributed by atoms with Crippen molar-refractivity contribution in [2.45, 2.75) is 45.6 Å².